The zero-order valence-corrected chi connectivity index (χ0v) is 27.1. The van der Waals surface area contributed by atoms with Crippen LogP contribution in [-0.4, -0.2) is 71.5 Å². The molecule has 0 fully saturated rings. The highest BCUT2D eigenvalue weighted by atomic mass is 16.5. The van der Waals surface area contributed by atoms with Crippen LogP contribution in [0.5, 0.6) is 5.75 Å². The third-order valence-electron chi connectivity index (χ3n) is 8.29. The number of amides is 3. The molecule has 1 aliphatic rings. The molecule has 5 N–H and O–H groups in total. The lowest BCUT2D eigenvalue weighted by molar-refractivity contribution is -0.116. The Morgan fingerprint density at radius 3 is 2.26 bits per heavy atom. The smallest absolute Gasteiger partial charge is 0.258 e. The van der Waals surface area contributed by atoms with E-state index in [0.717, 1.165) is 6.54 Å². The number of hydrogen-bond donors (Lipinski definition) is 4. The summed E-state index contributed by atoms with van der Waals surface area (Å²) >= 11 is 0. The van der Waals surface area contributed by atoms with Gasteiger partial charge in [0.25, 0.3) is 5.91 Å². The van der Waals surface area contributed by atoms with Crippen molar-refractivity contribution in [2.75, 3.05) is 43.1 Å². The second kappa shape index (κ2) is 16.8. The van der Waals surface area contributed by atoms with E-state index >= 15 is 0 Å². The van der Waals surface area contributed by atoms with E-state index in [-0.39, 0.29) is 48.8 Å². The highest BCUT2D eigenvalue weighted by Crippen LogP contribution is 2.35. The molecule has 246 valence electrons. The van der Waals surface area contributed by atoms with Crippen LogP contribution in [0.15, 0.2) is 72.8 Å². The molecule has 0 aliphatic carbocycles. The Hall–Kier alpha value is -4.41. The van der Waals surface area contributed by atoms with Gasteiger partial charge >= 0.3 is 0 Å². The first-order valence-electron chi connectivity index (χ1n) is 16.0. The highest BCUT2D eigenvalue weighted by molar-refractivity contribution is 6.01. The Kier molecular flexibility index (Phi) is 12.6. The summed E-state index contributed by atoms with van der Waals surface area (Å²) in [5.74, 6) is -0.263. The van der Waals surface area contributed by atoms with E-state index < -0.39 is 0 Å². The van der Waals surface area contributed by atoms with Gasteiger partial charge in [-0.2, -0.15) is 0 Å². The minimum Gasteiger partial charge on any atom is -0.486 e. The van der Waals surface area contributed by atoms with Crippen molar-refractivity contribution in [2.45, 2.75) is 64.6 Å². The number of anilines is 3. The number of nitrogens with zero attached hydrogens (tertiary/aromatic N) is 2. The Bertz CT molecular complexity index is 1470. The number of ether oxygens (including phenoxy) is 1. The number of benzene rings is 3. The van der Waals surface area contributed by atoms with Gasteiger partial charge in [-0.05, 0) is 56.6 Å². The third kappa shape index (κ3) is 9.55. The molecule has 0 saturated heterocycles. The molecule has 0 saturated carbocycles. The van der Waals surface area contributed by atoms with Crippen LogP contribution in [0.3, 0.4) is 0 Å². The number of carbonyl (C=O) groups excluding carboxylic acids is 3. The van der Waals surface area contributed by atoms with Crippen LogP contribution >= 0.6 is 0 Å². The number of fused-ring (bicyclic) bond motifs is 1. The molecule has 0 unspecified atom stereocenters. The van der Waals surface area contributed by atoms with Crippen LogP contribution in [0.1, 0.15) is 61.9 Å². The van der Waals surface area contributed by atoms with Gasteiger partial charge in [0.1, 0.15) is 6.10 Å². The van der Waals surface area contributed by atoms with Crippen LogP contribution in [-0.2, 0) is 16.1 Å². The molecule has 1 heterocycles. The van der Waals surface area contributed by atoms with Gasteiger partial charge in [-0.15, -0.1) is 0 Å². The van der Waals surface area contributed by atoms with Gasteiger partial charge < -0.3 is 31.1 Å². The van der Waals surface area contributed by atoms with Crippen molar-refractivity contribution in [3.8, 4) is 5.75 Å². The largest absolute Gasteiger partial charge is 0.486 e. The first kappa shape index (κ1) is 34.5. The molecule has 10 nitrogen and oxygen atoms in total. The number of aliphatic hydroxyl groups excluding tert-OH is 1. The van der Waals surface area contributed by atoms with Crippen molar-refractivity contribution in [3.05, 3.63) is 83.9 Å². The number of carbonyl (C=O) groups is 3. The van der Waals surface area contributed by atoms with E-state index in [4.69, 9.17) is 10.5 Å². The van der Waals surface area contributed by atoms with Crippen LogP contribution in [0.4, 0.5) is 17.1 Å². The van der Waals surface area contributed by atoms with Crippen LogP contribution in [0.2, 0.25) is 0 Å². The van der Waals surface area contributed by atoms with Gasteiger partial charge in [0.05, 0.1) is 35.3 Å². The molecule has 3 aromatic carbocycles. The normalized spacial score (nSPS) is 17.0. The van der Waals surface area contributed by atoms with Crippen LogP contribution < -0.4 is 21.1 Å². The Labute approximate surface area is 271 Å². The third-order valence-corrected chi connectivity index (χ3v) is 8.29. The number of nitrogen functional groups attached to an aromatic ring is 1. The predicted octanol–water partition coefficient (Wildman–Crippen LogP) is 5.15. The maximum atomic E-state index is 13.7. The van der Waals surface area contributed by atoms with Gasteiger partial charge in [0.2, 0.25) is 11.8 Å². The molecule has 0 radical (unpaired) electrons. The molecule has 3 atom stereocenters. The van der Waals surface area contributed by atoms with Crippen molar-refractivity contribution in [3.63, 3.8) is 0 Å². The van der Waals surface area contributed by atoms with Gasteiger partial charge in [-0.1, -0.05) is 61.9 Å². The summed E-state index contributed by atoms with van der Waals surface area (Å²) in [6.07, 6.45) is 2.25. The number of hydrogen-bond acceptors (Lipinski definition) is 7. The molecule has 3 aromatic rings. The first-order chi connectivity index (χ1) is 22.2. The molecule has 3 amide bonds. The monoisotopic (exact) mass is 629 g/mol. The minimum absolute atomic E-state index is 0.0522. The van der Waals surface area contributed by atoms with Gasteiger partial charge in [0.15, 0.2) is 5.75 Å². The maximum Gasteiger partial charge on any atom is 0.258 e. The summed E-state index contributed by atoms with van der Waals surface area (Å²) in [4.78, 5) is 43.0. The zero-order chi connectivity index (χ0) is 33.1. The first-order valence-corrected chi connectivity index (χ1v) is 16.0. The predicted molar refractivity (Wildman–Crippen MR) is 182 cm³/mol. The van der Waals surface area contributed by atoms with Crippen molar-refractivity contribution < 1.29 is 24.2 Å². The van der Waals surface area contributed by atoms with Gasteiger partial charge in [-0.3, -0.25) is 19.3 Å². The average molecular weight is 630 g/mol. The van der Waals surface area contributed by atoms with E-state index in [1.807, 2.05) is 51.2 Å². The molecule has 0 bridgehead atoms. The fourth-order valence-electron chi connectivity index (χ4n) is 5.61. The summed E-state index contributed by atoms with van der Waals surface area (Å²) in [6, 6.07) is 22.1. The highest BCUT2D eigenvalue weighted by Gasteiger charge is 2.34. The summed E-state index contributed by atoms with van der Waals surface area (Å²) in [5.41, 5.74) is 8.99. The molecule has 4 rings (SSSR count). The van der Waals surface area contributed by atoms with E-state index in [9.17, 15) is 19.5 Å². The second-order valence-electron chi connectivity index (χ2n) is 12.2. The summed E-state index contributed by atoms with van der Waals surface area (Å²) in [7, 11) is 2.04. The van der Waals surface area contributed by atoms with E-state index in [0.29, 0.717) is 67.1 Å². The quantitative estimate of drug-likeness (QED) is 0.143. The summed E-state index contributed by atoms with van der Waals surface area (Å²) < 4.78 is 6.63. The fourth-order valence-corrected chi connectivity index (χ4v) is 5.61. The molecular formula is C36H47N5O5. The Morgan fingerprint density at radius 2 is 1.59 bits per heavy atom. The fraction of sp³-hybridized carbons (Fsp3) is 0.417. The number of nitrogens with one attached hydrogen (secondary N) is 2. The zero-order valence-electron chi connectivity index (χ0n) is 27.1. The number of para-hydroxylation sites is 3. The van der Waals surface area contributed by atoms with Gasteiger partial charge in [0, 0.05) is 38.4 Å². The second-order valence-corrected chi connectivity index (χ2v) is 12.2. The Balaban J connectivity index is 1.41. The lowest BCUT2D eigenvalue weighted by Crippen LogP contribution is -2.49. The number of likely N-dealkylation sites (N-methyl/N-ethyl adjacent to an activating group) is 1. The lowest BCUT2D eigenvalue weighted by atomic mass is 9.98. The number of rotatable bonds is 14. The van der Waals surface area contributed by atoms with E-state index in [2.05, 4.69) is 27.7 Å². The molecule has 1 aliphatic heterocycles. The van der Waals surface area contributed by atoms with Crippen molar-refractivity contribution in [2.24, 2.45) is 5.92 Å². The van der Waals surface area contributed by atoms with Crippen molar-refractivity contribution >= 4 is 34.8 Å². The molecule has 0 aromatic heterocycles. The number of unbranched alkanes of at least 4 members (excludes halogenated alkanes) is 2. The van der Waals surface area contributed by atoms with Crippen molar-refractivity contribution in [1.29, 1.82) is 0 Å². The lowest BCUT2D eigenvalue weighted by Gasteiger charge is -2.38. The molecular weight excluding hydrogens is 582 g/mol. The number of aliphatic hydroxyl groups is 1. The van der Waals surface area contributed by atoms with Crippen LogP contribution in [0.25, 0.3) is 0 Å². The SMILES string of the molecule is C[C@@H]1CN([C@H](C)CO)C(=O)c2cccc(NC(=O)CCCCCC(=O)Nc3ccccc3N)c2O[C@@H]1CN(C)Cc1ccccc1. The molecule has 46 heavy (non-hydrogen) atoms. The topological polar surface area (TPSA) is 137 Å². The summed E-state index contributed by atoms with van der Waals surface area (Å²) in [5, 5.41) is 15.8. The van der Waals surface area contributed by atoms with Crippen LogP contribution in [0, 0.1) is 5.92 Å². The standard InChI is InChI=1S/C36H47N5O5/c1-25-21-41(26(2)24-42)36(45)28-15-12-18-31(35(28)46-32(25)23-40(3)22-27-13-6-4-7-14-27)39-34(44)20-9-5-8-19-33(43)38-30-17-11-10-16-29(30)37/h4,6-7,10-18,25-26,32,42H,5,8-9,19-24,37H2,1-3H3,(H,38,43)(H,39,44)/t25-,26-,32-/m1/s1. The number of nitrogens with two attached hydrogens (primary N) is 1. The van der Waals surface area contributed by atoms with E-state index in [1.165, 1.54) is 5.56 Å². The average Bonchev–Trinajstić information content (AvgIpc) is 3.04. The van der Waals surface area contributed by atoms with E-state index in [1.54, 1.807) is 35.2 Å². The Morgan fingerprint density at radius 1 is 0.957 bits per heavy atom. The van der Waals surface area contributed by atoms with Crippen molar-refractivity contribution in [1.82, 2.24) is 9.80 Å². The summed E-state index contributed by atoms with van der Waals surface area (Å²) in [6.45, 7) is 5.47. The molecule has 0 spiro atoms. The molecule has 10 heteroatoms. The maximum absolute atomic E-state index is 13.7. The van der Waals surface area contributed by atoms with Gasteiger partial charge in [-0.25, -0.2) is 0 Å². The minimum atomic E-state index is -0.381.